The van der Waals surface area contributed by atoms with Gasteiger partial charge < -0.3 is 18.9 Å². The highest BCUT2D eigenvalue weighted by Gasteiger charge is 2.29. The van der Waals surface area contributed by atoms with E-state index in [1.165, 1.54) is 21.1 Å². The summed E-state index contributed by atoms with van der Waals surface area (Å²) >= 11 is 6.30. The largest absolute Gasteiger partial charge is 0.497 e. The lowest BCUT2D eigenvalue weighted by Crippen LogP contribution is -2.36. The highest BCUT2D eigenvalue weighted by molar-refractivity contribution is 6.39. The maximum Gasteiger partial charge on any atom is 0.276 e. The van der Waals surface area contributed by atoms with Crippen molar-refractivity contribution >= 4 is 34.8 Å². The molecule has 0 saturated carbocycles. The van der Waals surface area contributed by atoms with Gasteiger partial charge in [0, 0.05) is 36.0 Å². The first-order valence-corrected chi connectivity index (χ1v) is 10.2. The van der Waals surface area contributed by atoms with E-state index >= 15 is 0 Å². The molecule has 0 spiro atoms. The molecule has 9 nitrogen and oxygen atoms in total. The predicted molar refractivity (Wildman–Crippen MR) is 121 cm³/mol. The zero-order valence-electron chi connectivity index (χ0n) is 18.6. The van der Waals surface area contributed by atoms with Crippen LogP contribution in [0.15, 0.2) is 46.6 Å². The molecular formula is C22H26ClN3O6. The summed E-state index contributed by atoms with van der Waals surface area (Å²) < 4.78 is 22.2. The first kappa shape index (κ1) is 24.9. The number of halogens is 1. The number of azo groups is 1. The molecule has 0 aliphatic heterocycles. The highest BCUT2D eigenvalue weighted by atomic mass is 35.5. The van der Waals surface area contributed by atoms with Gasteiger partial charge in [-0.1, -0.05) is 0 Å². The van der Waals surface area contributed by atoms with E-state index < -0.39 is 17.7 Å². The van der Waals surface area contributed by atoms with Gasteiger partial charge >= 0.3 is 0 Å². The van der Waals surface area contributed by atoms with E-state index in [2.05, 4.69) is 10.2 Å². The third kappa shape index (κ3) is 6.34. The van der Waals surface area contributed by atoms with Crippen molar-refractivity contribution in [3.63, 3.8) is 0 Å². The Bertz CT molecular complexity index is 958. The van der Waals surface area contributed by atoms with Crippen LogP contribution in [-0.4, -0.2) is 45.2 Å². The second-order valence-electron chi connectivity index (χ2n) is 6.41. The number of Topliss-reactive ketones (excluding diaryl/α,β-unsaturated/α-hetero) is 1. The maximum atomic E-state index is 13.0. The molecule has 1 unspecified atom stereocenters. The van der Waals surface area contributed by atoms with E-state index in [-0.39, 0.29) is 5.69 Å². The van der Waals surface area contributed by atoms with Crippen molar-refractivity contribution in [2.75, 3.05) is 31.9 Å². The van der Waals surface area contributed by atoms with Crippen LogP contribution in [-0.2, 0) is 9.59 Å². The molecule has 0 aliphatic rings. The lowest BCUT2D eigenvalue weighted by Gasteiger charge is -2.19. The molecule has 2 aromatic carbocycles. The molecule has 0 aromatic heterocycles. The van der Waals surface area contributed by atoms with E-state index in [0.29, 0.717) is 41.9 Å². The number of amides is 1. The summed E-state index contributed by atoms with van der Waals surface area (Å²) in [5.74, 6) is 0.573. The Labute approximate surface area is 192 Å². The first-order chi connectivity index (χ1) is 15.3. The Morgan fingerprint density at radius 1 is 0.969 bits per heavy atom. The smallest absolute Gasteiger partial charge is 0.276 e. The highest BCUT2D eigenvalue weighted by Crippen LogP contribution is 2.33. The number of hydrogen-bond acceptors (Lipinski definition) is 8. The number of nitrogens with zero attached hydrogens (tertiary/aromatic N) is 3. The van der Waals surface area contributed by atoms with E-state index in [1.807, 2.05) is 13.8 Å². The van der Waals surface area contributed by atoms with Crippen molar-refractivity contribution in [2.45, 2.75) is 26.8 Å². The number of rotatable bonds is 11. The predicted octanol–water partition coefficient (Wildman–Crippen LogP) is 4.73. The lowest BCUT2D eigenvalue weighted by atomic mass is 10.2. The van der Waals surface area contributed by atoms with Gasteiger partial charge in [-0.05, 0) is 32.9 Å². The van der Waals surface area contributed by atoms with Crippen LogP contribution in [0.25, 0.3) is 0 Å². The SMILES string of the molecule is CCOc1cc(OCC)cc(N(Cl)C(=O)C(N=Nc2ccc(OC)cc2OC)C(C)=O)c1. The van der Waals surface area contributed by atoms with Gasteiger partial charge in [0.2, 0.25) is 6.04 Å². The molecule has 1 amide bonds. The van der Waals surface area contributed by atoms with Crippen LogP contribution in [0.3, 0.4) is 0 Å². The maximum absolute atomic E-state index is 13.0. The van der Waals surface area contributed by atoms with Gasteiger partial charge in [-0.15, -0.1) is 0 Å². The number of ether oxygens (including phenoxy) is 4. The number of benzene rings is 2. The van der Waals surface area contributed by atoms with Crippen LogP contribution in [0.1, 0.15) is 20.8 Å². The van der Waals surface area contributed by atoms with Crippen LogP contribution in [0.4, 0.5) is 11.4 Å². The number of ketones is 1. The minimum Gasteiger partial charge on any atom is -0.497 e. The molecule has 0 heterocycles. The summed E-state index contributed by atoms with van der Waals surface area (Å²) in [6.07, 6.45) is 0. The van der Waals surface area contributed by atoms with Gasteiger partial charge in [-0.25, -0.2) is 4.42 Å². The number of methoxy groups -OCH3 is 2. The van der Waals surface area contributed by atoms with Crippen molar-refractivity contribution in [3.05, 3.63) is 36.4 Å². The fourth-order valence-electron chi connectivity index (χ4n) is 2.70. The van der Waals surface area contributed by atoms with Crippen molar-refractivity contribution in [3.8, 4) is 23.0 Å². The topological polar surface area (TPSA) is 99.0 Å². The molecule has 0 bridgehead atoms. The lowest BCUT2D eigenvalue weighted by molar-refractivity contribution is -0.126. The summed E-state index contributed by atoms with van der Waals surface area (Å²) in [6.45, 7) is 5.73. The Morgan fingerprint density at radius 3 is 2.09 bits per heavy atom. The number of anilines is 1. The monoisotopic (exact) mass is 463 g/mol. The minimum atomic E-state index is -1.45. The number of carbonyl (C=O) groups is 2. The van der Waals surface area contributed by atoms with E-state index in [0.717, 1.165) is 4.42 Å². The molecular weight excluding hydrogens is 438 g/mol. The Morgan fingerprint density at radius 2 is 1.59 bits per heavy atom. The second kappa shape index (κ2) is 11.9. The van der Waals surface area contributed by atoms with Crippen LogP contribution in [0, 0.1) is 0 Å². The molecule has 32 heavy (non-hydrogen) atoms. The van der Waals surface area contributed by atoms with Gasteiger partial charge in [-0.3, -0.25) is 9.59 Å². The standard InChI is InChI=1S/C22H26ClN3O6/c1-6-31-17-10-15(11-18(12-17)32-7-2)26(23)22(28)21(14(3)27)25-24-19-9-8-16(29-4)13-20(19)30-5/h8-13,21H,6-7H2,1-5H3. The van der Waals surface area contributed by atoms with Gasteiger partial charge in [0.05, 0.1) is 33.1 Å². The van der Waals surface area contributed by atoms with Crippen molar-refractivity contribution in [2.24, 2.45) is 10.2 Å². The third-order valence-electron chi connectivity index (χ3n) is 4.19. The average Bonchev–Trinajstić information content (AvgIpc) is 2.78. The van der Waals surface area contributed by atoms with Crippen LogP contribution < -0.4 is 23.4 Å². The fraction of sp³-hybridized carbons (Fsp3) is 0.364. The number of carbonyl (C=O) groups excluding carboxylic acids is 2. The molecule has 2 aromatic rings. The van der Waals surface area contributed by atoms with Gasteiger partial charge in [0.25, 0.3) is 5.91 Å². The Balaban J connectivity index is 2.34. The summed E-state index contributed by atoms with van der Waals surface area (Å²) in [5.41, 5.74) is 0.597. The molecule has 2 rings (SSSR count). The normalized spacial score (nSPS) is 11.7. The molecule has 0 aliphatic carbocycles. The van der Waals surface area contributed by atoms with Crippen molar-refractivity contribution < 1.29 is 28.5 Å². The van der Waals surface area contributed by atoms with Crippen molar-refractivity contribution in [1.82, 2.24) is 0 Å². The first-order valence-electron chi connectivity index (χ1n) is 9.88. The quantitative estimate of drug-likeness (QED) is 0.271. The number of hydrogen-bond donors (Lipinski definition) is 0. The van der Waals surface area contributed by atoms with E-state index in [1.54, 1.807) is 36.4 Å². The summed E-state index contributed by atoms with van der Waals surface area (Å²) in [6, 6.07) is 8.23. The average molecular weight is 464 g/mol. The third-order valence-corrected chi connectivity index (χ3v) is 4.56. The van der Waals surface area contributed by atoms with E-state index in [9.17, 15) is 9.59 Å². The molecule has 10 heteroatoms. The summed E-state index contributed by atoms with van der Waals surface area (Å²) in [7, 11) is 2.98. The molecule has 0 radical (unpaired) electrons. The molecule has 0 N–H and O–H groups in total. The second-order valence-corrected chi connectivity index (χ2v) is 6.75. The molecule has 0 fully saturated rings. The van der Waals surface area contributed by atoms with Crippen LogP contribution in [0.2, 0.25) is 0 Å². The van der Waals surface area contributed by atoms with Gasteiger partial charge in [0.1, 0.15) is 28.7 Å². The molecule has 1 atom stereocenters. The Hall–Kier alpha value is -3.33. The zero-order valence-corrected chi connectivity index (χ0v) is 19.4. The fourth-order valence-corrected chi connectivity index (χ4v) is 2.89. The minimum absolute atomic E-state index is 0.273. The van der Waals surface area contributed by atoms with Crippen LogP contribution in [0.5, 0.6) is 23.0 Å². The summed E-state index contributed by atoms with van der Waals surface area (Å²) in [5, 5.41) is 7.97. The van der Waals surface area contributed by atoms with E-state index in [4.69, 9.17) is 30.7 Å². The summed E-state index contributed by atoms with van der Waals surface area (Å²) in [4.78, 5) is 25.2. The molecule has 172 valence electrons. The van der Waals surface area contributed by atoms with Gasteiger partial charge in [0.15, 0.2) is 5.78 Å². The van der Waals surface area contributed by atoms with Crippen molar-refractivity contribution in [1.29, 1.82) is 0 Å². The van der Waals surface area contributed by atoms with Crippen LogP contribution >= 0.6 is 11.8 Å². The van der Waals surface area contributed by atoms with Gasteiger partial charge in [-0.2, -0.15) is 10.2 Å². The Kier molecular flexibility index (Phi) is 9.27. The zero-order chi connectivity index (χ0) is 23.7. The molecule has 0 saturated heterocycles.